The van der Waals surface area contributed by atoms with Gasteiger partial charge in [-0.3, -0.25) is 19.0 Å². The highest BCUT2D eigenvalue weighted by atomic mass is 32.1. The molecule has 5 aromatic rings. The molecule has 1 aliphatic heterocycles. The lowest BCUT2D eigenvalue weighted by Crippen LogP contribution is -2.36. The molecule has 212 valence electrons. The Labute approximate surface area is 244 Å². The number of thiophene rings is 1. The number of rotatable bonds is 7. The molecule has 11 nitrogen and oxygen atoms in total. The molecule has 5 heterocycles. The third kappa shape index (κ3) is 5.31. The molecule has 0 unspecified atom stereocenters. The van der Waals surface area contributed by atoms with Crippen LogP contribution in [0.2, 0.25) is 0 Å². The zero-order valence-electron chi connectivity index (χ0n) is 22.8. The number of aromatic nitrogens is 4. The molecule has 12 heteroatoms. The van der Waals surface area contributed by atoms with Crippen molar-refractivity contribution in [3.8, 4) is 11.6 Å². The predicted octanol–water partition coefficient (Wildman–Crippen LogP) is 4.55. The molecule has 1 aliphatic rings. The van der Waals surface area contributed by atoms with Gasteiger partial charge in [0, 0.05) is 33.1 Å². The first-order chi connectivity index (χ1) is 20.3. The van der Waals surface area contributed by atoms with Crippen molar-refractivity contribution in [3.63, 3.8) is 0 Å². The van der Waals surface area contributed by atoms with Crippen molar-refractivity contribution in [2.45, 2.75) is 38.8 Å². The van der Waals surface area contributed by atoms with Crippen LogP contribution in [0, 0.1) is 6.92 Å². The second-order valence-corrected chi connectivity index (χ2v) is 11.3. The molecule has 0 saturated heterocycles. The number of fused-ring (bicyclic) bond motifs is 2. The first kappa shape index (κ1) is 27.1. The number of benzene rings is 1. The smallest absolute Gasteiger partial charge is 0.278 e. The predicted molar refractivity (Wildman–Crippen MR) is 160 cm³/mol. The number of amides is 2. The lowest BCUT2D eigenvalue weighted by atomic mass is 10.1. The van der Waals surface area contributed by atoms with Crippen molar-refractivity contribution >= 4 is 44.7 Å². The molecule has 4 aromatic heterocycles. The number of hydrogen-bond donors (Lipinski definition) is 3. The van der Waals surface area contributed by atoms with Crippen molar-refractivity contribution in [1.82, 2.24) is 24.8 Å². The largest absolute Gasteiger partial charge is 0.439 e. The Morgan fingerprint density at radius 2 is 1.93 bits per heavy atom. The van der Waals surface area contributed by atoms with Gasteiger partial charge in [0.05, 0.1) is 24.0 Å². The molecule has 0 spiro atoms. The number of nitrogen functional groups attached to an aromatic ring is 1. The van der Waals surface area contributed by atoms with Crippen LogP contribution in [0.1, 0.15) is 52.1 Å². The number of carbonyl (C=O) groups is 2. The van der Waals surface area contributed by atoms with E-state index in [0.29, 0.717) is 41.9 Å². The van der Waals surface area contributed by atoms with Crippen molar-refractivity contribution in [1.29, 1.82) is 0 Å². The lowest BCUT2D eigenvalue weighted by Gasteiger charge is -2.15. The third-order valence-corrected chi connectivity index (χ3v) is 8.18. The van der Waals surface area contributed by atoms with E-state index >= 15 is 0 Å². The molecule has 6 rings (SSSR count). The van der Waals surface area contributed by atoms with E-state index in [1.807, 2.05) is 31.2 Å². The summed E-state index contributed by atoms with van der Waals surface area (Å²) < 4.78 is 8.11. The summed E-state index contributed by atoms with van der Waals surface area (Å²) in [6.45, 7) is 3.90. The Morgan fingerprint density at radius 1 is 1.12 bits per heavy atom. The van der Waals surface area contributed by atoms with Crippen LogP contribution < -0.4 is 26.7 Å². The molecule has 0 radical (unpaired) electrons. The van der Waals surface area contributed by atoms with Crippen molar-refractivity contribution in [2.75, 3.05) is 11.1 Å². The number of pyridine rings is 2. The first-order valence-corrected chi connectivity index (χ1v) is 14.1. The van der Waals surface area contributed by atoms with Gasteiger partial charge in [-0.1, -0.05) is 25.1 Å². The number of para-hydroxylation sites is 1. The van der Waals surface area contributed by atoms with E-state index < -0.39 is 17.5 Å². The zero-order valence-corrected chi connectivity index (χ0v) is 23.6. The van der Waals surface area contributed by atoms with Crippen LogP contribution in [0.4, 0.5) is 11.5 Å². The molecular weight excluding hydrogens is 554 g/mol. The maximum absolute atomic E-state index is 13.5. The Morgan fingerprint density at radius 3 is 2.71 bits per heavy atom. The number of aryl methyl sites for hydroxylation is 1. The standard InChI is InChI=1S/C30H27N7O4S/c1-16-10-23(29(39)34-14-20-11-18-13-32-25(31)12-24(18)42-20)37-27(16)33-15-22(30(37)40)36-28(38)21-8-9-26(35-17(21)2)41-19-6-4-3-5-7-19/h3-9,11-13,15-16,23H,10,14H2,1-2H3,(H2,31,32)(H,34,39)(H,36,38)/t16-,23+/m1/s1. The van der Waals surface area contributed by atoms with Crippen molar-refractivity contribution in [2.24, 2.45) is 0 Å². The number of nitrogens with zero attached hydrogens (tertiary/aromatic N) is 4. The average molecular weight is 582 g/mol. The lowest BCUT2D eigenvalue weighted by molar-refractivity contribution is -0.124. The molecular formula is C30H27N7O4S. The number of anilines is 2. The monoisotopic (exact) mass is 581 g/mol. The number of nitrogens with one attached hydrogen (secondary N) is 2. The summed E-state index contributed by atoms with van der Waals surface area (Å²) >= 11 is 1.52. The van der Waals surface area contributed by atoms with E-state index in [4.69, 9.17) is 10.5 Å². The van der Waals surface area contributed by atoms with Crippen LogP contribution in [-0.2, 0) is 11.3 Å². The van der Waals surface area contributed by atoms with Crippen molar-refractivity contribution < 1.29 is 14.3 Å². The van der Waals surface area contributed by atoms with Crippen LogP contribution in [0.3, 0.4) is 0 Å². The molecule has 0 saturated carbocycles. The van der Waals surface area contributed by atoms with E-state index in [1.165, 1.54) is 22.1 Å². The van der Waals surface area contributed by atoms with Gasteiger partial charge in [-0.2, -0.15) is 0 Å². The van der Waals surface area contributed by atoms with Gasteiger partial charge in [0.2, 0.25) is 11.8 Å². The summed E-state index contributed by atoms with van der Waals surface area (Å²) in [7, 11) is 0. The van der Waals surface area contributed by atoms with Crippen LogP contribution in [-0.4, -0.2) is 31.3 Å². The molecule has 4 N–H and O–H groups in total. The summed E-state index contributed by atoms with van der Waals surface area (Å²) in [5.74, 6) is 0.982. The van der Waals surface area contributed by atoms with Gasteiger partial charge in [0.15, 0.2) is 0 Å². The van der Waals surface area contributed by atoms with E-state index in [1.54, 1.807) is 43.5 Å². The highest BCUT2D eigenvalue weighted by molar-refractivity contribution is 7.19. The van der Waals surface area contributed by atoms with Gasteiger partial charge in [-0.15, -0.1) is 11.3 Å². The first-order valence-electron chi connectivity index (χ1n) is 13.3. The second-order valence-electron chi connectivity index (χ2n) is 10.1. The van der Waals surface area contributed by atoms with Crippen LogP contribution in [0.15, 0.2) is 71.8 Å². The molecule has 1 aromatic carbocycles. The van der Waals surface area contributed by atoms with Gasteiger partial charge in [0.25, 0.3) is 11.5 Å². The summed E-state index contributed by atoms with van der Waals surface area (Å²) in [5, 5.41) is 6.55. The van der Waals surface area contributed by atoms with Gasteiger partial charge in [-0.25, -0.2) is 15.0 Å². The Balaban J connectivity index is 1.18. The Bertz CT molecular complexity index is 1890. The van der Waals surface area contributed by atoms with Crippen LogP contribution in [0.5, 0.6) is 11.6 Å². The molecule has 42 heavy (non-hydrogen) atoms. The average Bonchev–Trinajstić information content (AvgIpc) is 3.54. The Kier molecular flexibility index (Phi) is 7.13. The van der Waals surface area contributed by atoms with Crippen molar-refractivity contribution in [3.05, 3.63) is 99.3 Å². The number of hydrogen-bond acceptors (Lipinski definition) is 9. The normalized spacial score (nSPS) is 15.8. The van der Waals surface area contributed by atoms with Gasteiger partial charge < -0.3 is 21.1 Å². The summed E-state index contributed by atoms with van der Waals surface area (Å²) in [6, 6.07) is 15.4. The SMILES string of the molecule is Cc1nc(Oc2ccccc2)ccc1C(=O)Nc1cnc2n(c1=O)[C@H](C(=O)NCc1cc3cnc(N)cc3s1)C[C@H]2C. The number of carbonyl (C=O) groups excluding carboxylic acids is 2. The second kappa shape index (κ2) is 11.1. The van der Waals surface area contributed by atoms with E-state index in [9.17, 15) is 14.4 Å². The summed E-state index contributed by atoms with van der Waals surface area (Å²) in [5.41, 5.74) is 5.98. The minimum atomic E-state index is -0.753. The minimum absolute atomic E-state index is 0.0192. The van der Waals surface area contributed by atoms with Crippen LogP contribution in [0.25, 0.3) is 10.1 Å². The highest BCUT2D eigenvalue weighted by Crippen LogP contribution is 2.34. The van der Waals surface area contributed by atoms with E-state index in [0.717, 1.165) is 15.0 Å². The molecule has 0 fully saturated rings. The fourth-order valence-electron chi connectivity index (χ4n) is 5.02. The van der Waals surface area contributed by atoms with Crippen LogP contribution >= 0.6 is 11.3 Å². The molecule has 2 amide bonds. The quantitative estimate of drug-likeness (QED) is 0.253. The van der Waals surface area contributed by atoms with Gasteiger partial charge in [0.1, 0.15) is 29.1 Å². The van der Waals surface area contributed by atoms with Gasteiger partial charge >= 0.3 is 0 Å². The number of nitrogens with two attached hydrogens (primary N) is 1. The van der Waals surface area contributed by atoms with E-state index in [2.05, 4.69) is 25.6 Å². The molecule has 0 aliphatic carbocycles. The highest BCUT2D eigenvalue weighted by Gasteiger charge is 2.36. The fourth-order valence-corrected chi connectivity index (χ4v) is 6.04. The topological polar surface area (TPSA) is 154 Å². The Hall–Kier alpha value is -5.10. The zero-order chi connectivity index (χ0) is 29.4. The maximum Gasteiger partial charge on any atom is 0.278 e. The molecule has 0 bridgehead atoms. The minimum Gasteiger partial charge on any atom is -0.439 e. The number of ether oxygens (including phenoxy) is 1. The summed E-state index contributed by atoms with van der Waals surface area (Å²) in [6.07, 6.45) is 3.46. The molecule has 2 atom stereocenters. The van der Waals surface area contributed by atoms with E-state index in [-0.39, 0.29) is 23.1 Å². The third-order valence-electron chi connectivity index (χ3n) is 7.08. The maximum atomic E-state index is 13.5. The fraction of sp³-hybridized carbons (Fsp3) is 0.200. The van der Waals surface area contributed by atoms with Gasteiger partial charge in [-0.05, 0) is 43.7 Å². The summed E-state index contributed by atoms with van der Waals surface area (Å²) in [4.78, 5) is 53.8.